The van der Waals surface area contributed by atoms with E-state index in [1.807, 2.05) is 26.0 Å². The summed E-state index contributed by atoms with van der Waals surface area (Å²) in [5, 5.41) is 10.8. The van der Waals surface area contributed by atoms with Crippen molar-refractivity contribution in [3.05, 3.63) is 75.3 Å². The lowest BCUT2D eigenvalue weighted by atomic mass is 10.1. The number of rotatable bonds is 7. The molecule has 0 unspecified atom stereocenters. The summed E-state index contributed by atoms with van der Waals surface area (Å²) < 4.78 is 5.70. The fourth-order valence-electron chi connectivity index (χ4n) is 2.46. The maximum Gasteiger partial charge on any atom is 0.270 e. The molecule has 0 saturated carbocycles. The summed E-state index contributed by atoms with van der Waals surface area (Å²) in [5.74, 6) is 0.594. The molecule has 26 heavy (non-hydrogen) atoms. The average molecular weight is 354 g/mol. The molecule has 0 heterocycles. The Hall–Kier alpha value is -3.15. The van der Waals surface area contributed by atoms with E-state index in [-0.39, 0.29) is 11.6 Å². The van der Waals surface area contributed by atoms with Gasteiger partial charge in [-0.25, -0.2) is 0 Å². The fourth-order valence-corrected chi connectivity index (χ4v) is 2.46. The average Bonchev–Trinajstić information content (AvgIpc) is 2.59. The summed E-state index contributed by atoms with van der Waals surface area (Å²) in [6, 6.07) is 12.1. The number of aryl methyl sites for hydroxylation is 2. The summed E-state index contributed by atoms with van der Waals surface area (Å²) >= 11 is 0. The molecule has 0 aliphatic heterocycles. The largest absolute Gasteiger partial charge is 0.492 e. The van der Waals surface area contributed by atoms with Gasteiger partial charge in [0.15, 0.2) is 0 Å². The highest BCUT2D eigenvalue weighted by atomic mass is 16.6. The van der Waals surface area contributed by atoms with Gasteiger partial charge in [-0.1, -0.05) is 18.2 Å². The van der Waals surface area contributed by atoms with Crippen LogP contribution in [0.15, 0.2) is 48.5 Å². The molecule has 2 rings (SSSR count). The number of benzene rings is 2. The zero-order valence-electron chi connectivity index (χ0n) is 15.1. The highest BCUT2D eigenvalue weighted by Crippen LogP contribution is 2.16. The van der Waals surface area contributed by atoms with Crippen LogP contribution in [0.1, 0.15) is 16.7 Å². The van der Waals surface area contributed by atoms with Gasteiger partial charge in [0.2, 0.25) is 5.91 Å². The van der Waals surface area contributed by atoms with Crippen LogP contribution in [0.25, 0.3) is 6.08 Å². The third-order valence-corrected chi connectivity index (χ3v) is 3.77. The highest BCUT2D eigenvalue weighted by molar-refractivity contribution is 5.91. The first-order valence-electron chi connectivity index (χ1n) is 8.24. The molecule has 2 aromatic carbocycles. The van der Waals surface area contributed by atoms with Crippen molar-refractivity contribution in [3.8, 4) is 5.75 Å². The second kappa shape index (κ2) is 8.80. The predicted octanol–water partition coefficient (Wildman–Crippen LogP) is 3.76. The molecular formula is C20H22N2O4. The monoisotopic (exact) mass is 354 g/mol. The maximum atomic E-state index is 12.1. The van der Waals surface area contributed by atoms with Crippen molar-refractivity contribution in [3.63, 3.8) is 0 Å². The first kappa shape index (κ1) is 19.2. The van der Waals surface area contributed by atoms with E-state index < -0.39 is 4.92 Å². The van der Waals surface area contributed by atoms with Crippen LogP contribution in [-0.2, 0) is 4.79 Å². The smallest absolute Gasteiger partial charge is 0.270 e. The summed E-state index contributed by atoms with van der Waals surface area (Å²) in [5.41, 5.74) is 2.86. The topological polar surface area (TPSA) is 72.7 Å². The van der Waals surface area contributed by atoms with E-state index in [9.17, 15) is 14.9 Å². The molecule has 0 N–H and O–H groups in total. The molecule has 0 fully saturated rings. The van der Waals surface area contributed by atoms with Crippen LogP contribution in [0.4, 0.5) is 5.69 Å². The number of nitro groups is 1. The minimum Gasteiger partial charge on any atom is -0.492 e. The van der Waals surface area contributed by atoms with E-state index in [0.29, 0.717) is 18.7 Å². The van der Waals surface area contributed by atoms with E-state index in [4.69, 9.17) is 4.74 Å². The molecule has 6 nitrogen and oxygen atoms in total. The predicted molar refractivity (Wildman–Crippen MR) is 101 cm³/mol. The normalized spacial score (nSPS) is 10.7. The molecule has 0 aromatic heterocycles. The van der Waals surface area contributed by atoms with Crippen molar-refractivity contribution in [1.82, 2.24) is 4.90 Å². The van der Waals surface area contributed by atoms with Gasteiger partial charge >= 0.3 is 0 Å². The van der Waals surface area contributed by atoms with Gasteiger partial charge in [0.25, 0.3) is 5.69 Å². The fraction of sp³-hybridized carbons (Fsp3) is 0.250. The number of ether oxygens (including phenoxy) is 1. The van der Waals surface area contributed by atoms with E-state index in [1.165, 1.54) is 23.1 Å². The SMILES string of the molecule is Cc1cc(C)cc(OCCN(C)C(=O)/C=C/c2cccc([N+](=O)[O-])c2)c1. The maximum absolute atomic E-state index is 12.1. The van der Waals surface area contributed by atoms with Crippen molar-refractivity contribution in [2.75, 3.05) is 20.2 Å². The van der Waals surface area contributed by atoms with Crippen molar-refractivity contribution in [2.24, 2.45) is 0 Å². The standard InChI is InChI=1S/C20H22N2O4/c1-15-11-16(2)13-19(12-15)26-10-9-21(3)20(23)8-7-17-5-4-6-18(14-17)22(24)25/h4-8,11-14H,9-10H2,1-3H3/b8-7+. The Bertz CT molecular complexity index is 810. The molecule has 6 heteroatoms. The van der Waals surface area contributed by atoms with Crippen LogP contribution in [-0.4, -0.2) is 35.9 Å². The third kappa shape index (κ3) is 5.73. The number of nitrogens with zero attached hydrogens (tertiary/aromatic N) is 2. The Kier molecular flexibility index (Phi) is 6.49. The van der Waals surface area contributed by atoms with Gasteiger partial charge in [0.05, 0.1) is 11.5 Å². The second-order valence-corrected chi connectivity index (χ2v) is 6.12. The van der Waals surface area contributed by atoms with E-state index >= 15 is 0 Å². The first-order chi connectivity index (χ1) is 12.3. The second-order valence-electron chi connectivity index (χ2n) is 6.12. The van der Waals surface area contributed by atoms with Gasteiger partial charge in [-0.3, -0.25) is 14.9 Å². The lowest BCUT2D eigenvalue weighted by molar-refractivity contribution is -0.384. The number of nitro benzene ring substituents is 1. The van der Waals surface area contributed by atoms with Gasteiger partial charge in [0, 0.05) is 25.3 Å². The van der Waals surface area contributed by atoms with Gasteiger partial charge in [0.1, 0.15) is 12.4 Å². The molecule has 136 valence electrons. The summed E-state index contributed by atoms with van der Waals surface area (Å²) in [6.07, 6.45) is 2.96. The molecule has 0 spiro atoms. The Morgan fingerprint density at radius 1 is 1.19 bits per heavy atom. The number of amides is 1. The number of hydrogen-bond donors (Lipinski definition) is 0. The minimum absolute atomic E-state index is 0.00481. The lowest BCUT2D eigenvalue weighted by Crippen LogP contribution is -2.29. The van der Waals surface area contributed by atoms with Gasteiger partial charge in [-0.15, -0.1) is 0 Å². The highest BCUT2D eigenvalue weighted by Gasteiger charge is 2.07. The Balaban J connectivity index is 1.87. The number of non-ortho nitro benzene ring substituents is 1. The minimum atomic E-state index is -0.463. The van der Waals surface area contributed by atoms with Crippen LogP contribution in [0.5, 0.6) is 5.75 Å². The van der Waals surface area contributed by atoms with Crippen LogP contribution in [0, 0.1) is 24.0 Å². The van der Waals surface area contributed by atoms with Gasteiger partial charge in [-0.2, -0.15) is 0 Å². The number of likely N-dealkylation sites (N-methyl/N-ethyl adjacent to an activating group) is 1. The van der Waals surface area contributed by atoms with Crippen molar-refractivity contribution < 1.29 is 14.5 Å². The lowest BCUT2D eigenvalue weighted by Gasteiger charge is -2.16. The van der Waals surface area contributed by atoms with E-state index in [0.717, 1.165) is 16.9 Å². The summed E-state index contributed by atoms with van der Waals surface area (Å²) in [4.78, 5) is 24.0. The number of carbonyl (C=O) groups is 1. The molecule has 0 bridgehead atoms. The van der Waals surface area contributed by atoms with E-state index in [2.05, 4.69) is 6.07 Å². The zero-order chi connectivity index (χ0) is 19.1. The molecule has 0 aliphatic rings. The van der Waals surface area contributed by atoms with Crippen molar-refractivity contribution in [1.29, 1.82) is 0 Å². The Morgan fingerprint density at radius 3 is 2.54 bits per heavy atom. The zero-order valence-corrected chi connectivity index (χ0v) is 15.1. The quantitative estimate of drug-likeness (QED) is 0.431. The molecule has 2 aromatic rings. The van der Waals surface area contributed by atoms with Crippen molar-refractivity contribution in [2.45, 2.75) is 13.8 Å². The van der Waals surface area contributed by atoms with Crippen LogP contribution >= 0.6 is 0 Å². The van der Waals surface area contributed by atoms with Crippen LogP contribution in [0.2, 0.25) is 0 Å². The Morgan fingerprint density at radius 2 is 1.88 bits per heavy atom. The molecule has 0 aliphatic carbocycles. The summed E-state index contributed by atoms with van der Waals surface area (Å²) in [6.45, 7) is 4.84. The van der Waals surface area contributed by atoms with Crippen molar-refractivity contribution >= 4 is 17.7 Å². The number of carbonyl (C=O) groups excluding carboxylic acids is 1. The molecular weight excluding hydrogens is 332 g/mol. The number of hydrogen-bond acceptors (Lipinski definition) is 4. The molecule has 0 saturated heterocycles. The third-order valence-electron chi connectivity index (χ3n) is 3.77. The van der Waals surface area contributed by atoms with Gasteiger partial charge in [-0.05, 0) is 48.7 Å². The molecule has 0 radical (unpaired) electrons. The first-order valence-corrected chi connectivity index (χ1v) is 8.24. The molecule has 1 amide bonds. The van der Waals surface area contributed by atoms with E-state index in [1.54, 1.807) is 25.3 Å². The molecule has 0 atom stereocenters. The Labute approximate surface area is 152 Å². The van der Waals surface area contributed by atoms with Crippen LogP contribution < -0.4 is 4.74 Å². The van der Waals surface area contributed by atoms with Gasteiger partial charge < -0.3 is 9.64 Å². The summed E-state index contributed by atoms with van der Waals surface area (Å²) in [7, 11) is 1.69. The van der Waals surface area contributed by atoms with Crippen LogP contribution in [0.3, 0.4) is 0 Å².